The molecule has 2 rings (SSSR count). The molecule has 0 spiro atoms. The number of nitrogens with two attached hydrogens (primary N) is 1. The average molecular weight is 319 g/mol. The van der Waals surface area contributed by atoms with Gasteiger partial charge in [-0.25, -0.2) is 4.98 Å². The number of primary amides is 1. The van der Waals surface area contributed by atoms with E-state index in [9.17, 15) is 14.4 Å². The van der Waals surface area contributed by atoms with Crippen LogP contribution in [0, 0.1) is 5.92 Å². The lowest BCUT2D eigenvalue weighted by atomic mass is 9.83. The van der Waals surface area contributed by atoms with Crippen LogP contribution in [-0.4, -0.2) is 40.3 Å². The molecule has 1 heterocycles. The van der Waals surface area contributed by atoms with Crippen molar-refractivity contribution < 1.29 is 14.4 Å². The Balaban J connectivity index is 2.07. The molecule has 0 unspecified atom stereocenters. The van der Waals surface area contributed by atoms with Crippen molar-refractivity contribution in [1.29, 1.82) is 0 Å². The molecule has 8 nitrogen and oxygen atoms in total. The monoisotopic (exact) mass is 319 g/mol. The number of hydrogen-bond donors (Lipinski definition) is 3. The Morgan fingerprint density at radius 2 is 1.96 bits per heavy atom. The maximum Gasteiger partial charge on any atom is 0.272 e. The number of nitrogens with zero attached hydrogens (tertiary/aromatic N) is 2. The van der Waals surface area contributed by atoms with Crippen molar-refractivity contribution >= 4 is 17.7 Å². The fraction of sp³-hybridized carbons (Fsp3) is 0.533. The molecule has 1 aliphatic rings. The van der Waals surface area contributed by atoms with Gasteiger partial charge in [0, 0.05) is 12.4 Å². The van der Waals surface area contributed by atoms with E-state index in [0.717, 1.165) is 32.1 Å². The van der Waals surface area contributed by atoms with E-state index >= 15 is 0 Å². The molecule has 1 aromatic heterocycles. The van der Waals surface area contributed by atoms with E-state index in [1.54, 1.807) is 0 Å². The number of carbonyl (C=O) groups excluding carboxylic acids is 3. The lowest BCUT2D eigenvalue weighted by Gasteiger charge is -2.29. The summed E-state index contributed by atoms with van der Waals surface area (Å²) in [5, 5.41) is 5.19. The quantitative estimate of drug-likeness (QED) is 0.666. The van der Waals surface area contributed by atoms with Crippen molar-refractivity contribution in [2.45, 2.75) is 38.1 Å². The molecule has 8 heteroatoms. The predicted molar refractivity (Wildman–Crippen MR) is 82.1 cm³/mol. The smallest absolute Gasteiger partial charge is 0.272 e. The maximum atomic E-state index is 12.3. The number of carbonyl (C=O) groups is 3. The van der Waals surface area contributed by atoms with Gasteiger partial charge >= 0.3 is 0 Å². The molecule has 0 aliphatic heterocycles. The molecular formula is C15H21N5O3. The Hall–Kier alpha value is -2.51. The second-order valence-corrected chi connectivity index (χ2v) is 5.62. The second-order valence-electron chi connectivity index (χ2n) is 5.62. The van der Waals surface area contributed by atoms with Gasteiger partial charge < -0.3 is 16.4 Å². The van der Waals surface area contributed by atoms with Gasteiger partial charge in [-0.15, -0.1) is 0 Å². The van der Waals surface area contributed by atoms with E-state index in [1.165, 1.54) is 18.6 Å². The summed E-state index contributed by atoms with van der Waals surface area (Å²) >= 11 is 0. The van der Waals surface area contributed by atoms with Crippen LogP contribution < -0.4 is 16.4 Å². The second kappa shape index (κ2) is 8.21. The number of hydrogen-bond acceptors (Lipinski definition) is 5. The molecule has 1 aromatic rings. The third-order valence-corrected chi connectivity index (χ3v) is 3.92. The van der Waals surface area contributed by atoms with Crippen molar-refractivity contribution in [3.8, 4) is 0 Å². The number of amides is 3. The van der Waals surface area contributed by atoms with E-state index in [4.69, 9.17) is 5.73 Å². The predicted octanol–water partition coefficient (Wildman–Crippen LogP) is -0.243. The van der Waals surface area contributed by atoms with Gasteiger partial charge in [0.25, 0.3) is 5.91 Å². The SMILES string of the molecule is NC(=O)CNC(=O)[C@@H](NC(=O)c1cnccn1)C1CCCCC1. The molecule has 124 valence electrons. The molecule has 0 radical (unpaired) electrons. The molecular weight excluding hydrogens is 298 g/mol. The standard InChI is InChI=1S/C15H21N5O3/c16-12(21)9-19-15(23)13(10-4-2-1-3-5-10)20-14(22)11-8-17-6-7-18-11/h6-8,10,13H,1-5,9H2,(H2,16,21)(H,19,23)(H,20,22)/t13-/m0/s1. The maximum absolute atomic E-state index is 12.3. The molecule has 1 fully saturated rings. The summed E-state index contributed by atoms with van der Waals surface area (Å²) in [5.41, 5.74) is 5.20. The minimum absolute atomic E-state index is 0.0391. The molecule has 1 atom stereocenters. The third-order valence-electron chi connectivity index (χ3n) is 3.92. The van der Waals surface area contributed by atoms with Gasteiger partial charge in [-0.05, 0) is 18.8 Å². The zero-order valence-corrected chi connectivity index (χ0v) is 12.8. The van der Waals surface area contributed by atoms with Crippen molar-refractivity contribution in [3.63, 3.8) is 0 Å². The van der Waals surface area contributed by atoms with Crippen molar-refractivity contribution in [3.05, 3.63) is 24.3 Å². The normalized spacial score (nSPS) is 16.3. The minimum atomic E-state index is -0.704. The van der Waals surface area contributed by atoms with E-state index < -0.39 is 23.8 Å². The lowest BCUT2D eigenvalue weighted by Crippen LogP contribution is -2.52. The summed E-state index contributed by atoms with van der Waals surface area (Å²) in [6.45, 7) is -0.247. The van der Waals surface area contributed by atoms with Crippen LogP contribution in [-0.2, 0) is 9.59 Å². The highest BCUT2D eigenvalue weighted by molar-refractivity contribution is 5.96. The highest BCUT2D eigenvalue weighted by Gasteiger charge is 2.31. The van der Waals surface area contributed by atoms with Crippen LogP contribution in [0.15, 0.2) is 18.6 Å². The van der Waals surface area contributed by atoms with Crippen LogP contribution in [0.3, 0.4) is 0 Å². The van der Waals surface area contributed by atoms with Gasteiger partial charge in [0.05, 0.1) is 12.7 Å². The zero-order valence-electron chi connectivity index (χ0n) is 12.8. The first-order valence-corrected chi connectivity index (χ1v) is 7.71. The van der Waals surface area contributed by atoms with Crippen molar-refractivity contribution in [1.82, 2.24) is 20.6 Å². The summed E-state index contributed by atoms with van der Waals surface area (Å²) in [5.74, 6) is -1.44. The van der Waals surface area contributed by atoms with Crippen LogP contribution >= 0.6 is 0 Å². The molecule has 3 amide bonds. The Kier molecular flexibility index (Phi) is 6.02. The Morgan fingerprint density at radius 1 is 1.22 bits per heavy atom. The van der Waals surface area contributed by atoms with E-state index in [-0.39, 0.29) is 18.2 Å². The molecule has 0 aromatic carbocycles. The van der Waals surface area contributed by atoms with Gasteiger partial charge in [0.15, 0.2) is 0 Å². The van der Waals surface area contributed by atoms with Crippen LogP contribution in [0.25, 0.3) is 0 Å². The highest BCUT2D eigenvalue weighted by atomic mass is 16.2. The topological polar surface area (TPSA) is 127 Å². The van der Waals surface area contributed by atoms with Crippen LogP contribution in [0.2, 0.25) is 0 Å². The van der Waals surface area contributed by atoms with Gasteiger partial charge in [-0.1, -0.05) is 19.3 Å². The van der Waals surface area contributed by atoms with Crippen LogP contribution in [0.1, 0.15) is 42.6 Å². The zero-order chi connectivity index (χ0) is 16.7. The molecule has 0 bridgehead atoms. The summed E-state index contributed by atoms with van der Waals surface area (Å²) < 4.78 is 0. The van der Waals surface area contributed by atoms with Gasteiger partial charge in [-0.3, -0.25) is 19.4 Å². The number of nitrogens with one attached hydrogen (secondary N) is 2. The van der Waals surface area contributed by atoms with E-state index in [2.05, 4.69) is 20.6 Å². The molecule has 4 N–H and O–H groups in total. The minimum Gasteiger partial charge on any atom is -0.368 e. The Labute approximate surface area is 134 Å². The summed E-state index contributed by atoms with van der Waals surface area (Å²) in [6.07, 6.45) is 9.10. The number of aromatic nitrogens is 2. The van der Waals surface area contributed by atoms with Crippen molar-refractivity contribution in [2.75, 3.05) is 6.54 Å². The van der Waals surface area contributed by atoms with Crippen LogP contribution in [0.5, 0.6) is 0 Å². The molecule has 1 aliphatic carbocycles. The first-order chi connectivity index (χ1) is 11.1. The molecule has 0 saturated heterocycles. The number of rotatable bonds is 6. The van der Waals surface area contributed by atoms with Gasteiger partial charge in [-0.2, -0.15) is 0 Å². The molecule has 1 saturated carbocycles. The fourth-order valence-electron chi connectivity index (χ4n) is 2.78. The van der Waals surface area contributed by atoms with Gasteiger partial charge in [0.2, 0.25) is 11.8 Å². The third kappa shape index (κ3) is 5.01. The lowest BCUT2D eigenvalue weighted by molar-refractivity contribution is -0.127. The summed E-state index contributed by atoms with van der Waals surface area (Å²) in [6, 6.07) is -0.704. The summed E-state index contributed by atoms with van der Waals surface area (Å²) in [4.78, 5) is 43.2. The largest absolute Gasteiger partial charge is 0.368 e. The van der Waals surface area contributed by atoms with E-state index in [0.29, 0.717) is 0 Å². The molecule has 23 heavy (non-hydrogen) atoms. The highest BCUT2D eigenvalue weighted by Crippen LogP contribution is 2.26. The Bertz CT molecular complexity index is 557. The van der Waals surface area contributed by atoms with Crippen LogP contribution in [0.4, 0.5) is 0 Å². The van der Waals surface area contributed by atoms with Gasteiger partial charge in [0.1, 0.15) is 11.7 Å². The van der Waals surface area contributed by atoms with E-state index in [1.807, 2.05) is 0 Å². The first-order valence-electron chi connectivity index (χ1n) is 7.71. The van der Waals surface area contributed by atoms with Crippen molar-refractivity contribution in [2.24, 2.45) is 11.7 Å². The summed E-state index contributed by atoms with van der Waals surface area (Å²) in [7, 11) is 0. The average Bonchev–Trinajstić information content (AvgIpc) is 2.59. The fourth-order valence-corrected chi connectivity index (χ4v) is 2.78. The first kappa shape index (κ1) is 16.9. The Morgan fingerprint density at radius 3 is 2.57 bits per heavy atom.